The zero-order valence-electron chi connectivity index (χ0n) is 19.3. The Labute approximate surface area is 197 Å². The molecule has 3 aromatic rings. The molecule has 0 saturated heterocycles. The first-order valence-corrected chi connectivity index (χ1v) is 11.2. The number of benzene rings is 2. The minimum atomic E-state index is -0.913. The van der Waals surface area contributed by atoms with Gasteiger partial charge in [0.25, 0.3) is 5.91 Å². The highest BCUT2D eigenvalue weighted by atomic mass is 19.1. The summed E-state index contributed by atoms with van der Waals surface area (Å²) < 4.78 is 13.5. The lowest BCUT2D eigenvalue weighted by Gasteiger charge is -2.19. The first-order chi connectivity index (χ1) is 16.2. The standard InChI is InChI=1S/C27H26FN3O3/c1-15-11-21(27(33)34)13-20-12-19(5-6-22(20)17(15)3)25-29-9-8-24(31-25)26(32)30-14-18-4-7-23(28)16(2)10-18/h4-10,12-13,15,17H,11,14H2,1-3H3,(H,30,32)(H,33,34). The predicted molar refractivity (Wildman–Crippen MR) is 128 cm³/mol. The van der Waals surface area contributed by atoms with Crippen molar-refractivity contribution in [3.63, 3.8) is 0 Å². The number of nitrogens with one attached hydrogen (secondary N) is 1. The molecule has 0 fully saturated rings. The van der Waals surface area contributed by atoms with Gasteiger partial charge in [0.15, 0.2) is 5.82 Å². The molecule has 1 heterocycles. The van der Waals surface area contributed by atoms with Crippen molar-refractivity contribution in [1.29, 1.82) is 0 Å². The SMILES string of the molecule is Cc1cc(CNC(=O)c2ccnc(-c3ccc4c(c3)C=C(C(=O)O)CC(C)C4C)n2)ccc1F. The van der Waals surface area contributed by atoms with Crippen molar-refractivity contribution < 1.29 is 19.1 Å². The average molecular weight is 460 g/mol. The molecule has 1 aromatic heterocycles. The molecule has 0 radical (unpaired) electrons. The lowest BCUT2D eigenvalue weighted by molar-refractivity contribution is -0.132. The van der Waals surface area contributed by atoms with E-state index in [1.54, 1.807) is 25.1 Å². The van der Waals surface area contributed by atoms with Gasteiger partial charge in [0, 0.05) is 23.9 Å². The number of amides is 1. The quantitative estimate of drug-likeness (QED) is 0.552. The minimum Gasteiger partial charge on any atom is -0.478 e. The van der Waals surface area contributed by atoms with Crippen molar-refractivity contribution in [1.82, 2.24) is 15.3 Å². The van der Waals surface area contributed by atoms with E-state index in [2.05, 4.69) is 29.1 Å². The third-order valence-corrected chi connectivity index (χ3v) is 6.40. The third kappa shape index (κ3) is 4.88. The van der Waals surface area contributed by atoms with Gasteiger partial charge in [-0.25, -0.2) is 19.2 Å². The molecule has 2 atom stereocenters. The second-order valence-electron chi connectivity index (χ2n) is 8.82. The van der Waals surface area contributed by atoms with Crippen LogP contribution in [0, 0.1) is 18.7 Å². The van der Waals surface area contributed by atoms with Crippen LogP contribution >= 0.6 is 0 Å². The number of carbonyl (C=O) groups is 2. The maximum absolute atomic E-state index is 13.5. The molecule has 7 heteroatoms. The van der Waals surface area contributed by atoms with Gasteiger partial charge >= 0.3 is 5.97 Å². The number of halogens is 1. The van der Waals surface area contributed by atoms with Crippen LogP contribution in [0.4, 0.5) is 4.39 Å². The minimum absolute atomic E-state index is 0.197. The van der Waals surface area contributed by atoms with E-state index in [-0.39, 0.29) is 35.8 Å². The molecule has 0 saturated carbocycles. The van der Waals surface area contributed by atoms with E-state index in [1.165, 1.54) is 18.3 Å². The van der Waals surface area contributed by atoms with E-state index < -0.39 is 5.97 Å². The van der Waals surface area contributed by atoms with Crippen molar-refractivity contribution >= 4 is 18.0 Å². The summed E-state index contributed by atoms with van der Waals surface area (Å²) in [5, 5.41) is 12.4. The molecule has 6 nitrogen and oxygen atoms in total. The van der Waals surface area contributed by atoms with Crippen LogP contribution in [0.25, 0.3) is 17.5 Å². The molecule has 1 aliphatic carbocycles. The molecule has 174 valence electrons. The molecule has 0 spiro atoms. The summed E-state index contributed by atoms with van der Waals surface area (Å²) in [6.07, 6.45) is 3.75. The number of carbonyl (C=O) groups excluding carboxylic acids is 1. The molecule has 34 heavy (non-hydrogen) atoms. The average Bonchev–Trinajstić information content (AvgIpc) is 2.95. The number of aryl methyl sites for hydroxylation is 1. The van der Waals surface area contributed by atoms with Gasteiger partial charge in [-0.05, 0) is 71.7 Å². The van der Waals surface area contributed by atoms with Gasteiger partial charge in [-0.2, -0.15) is 0 Å². The Kier molecular flexibility index (Phi) is 6.54. The Morgan fingerprint density at radius 2 is 1.94 bits per heavy atom. The van der Waals surface area contributed by atoms with Crippen LogP contribution < -0.4 is 5.32 Å². The zero-order valence-corrected chi connectivity index (χ0v) is 19.3. The Balaban J connectivity index is 1.59. The summed E-state index contributed by atoms with van der Waals surface area (Å²) in [6, 6.07) is 12.0. The van der Waals surface area contributed by atoms with Gasteiger partial charge < -0.3 is 10.4 Å². The van der Waals surface area contributed by atoms with Crippen LogP contribution in [-0.2, 0) is 11.3 Å². The first-order valence-electron chi connectivity index (χ1n) is 11.2. The first kappa shape index (κ1) is 23.3. The topological polar surface area (TPSA) is 92.2 Å². The fraction of sp³-hybridized carbons (Fsp3) is 0.259. The van der Waals surface area contributed by atoms with E-state index in [0.29, 0.717) is 28.9 Å². The van der Waals surface area contributed by atoms with E-state index in [0.717, 1.165) is 16.7 Å². The monoisotopic (exact) mass is 459 g/mol. The number of carboxylic acids is 1. The van der Waals surface area contributed by atoms with Gasteiger partial charge in [-0.15, -0.1) is 0 Å². The van der Waals surface area contributed by atoms with Crippen molar-refractivity contribution in [3.05, 3.63) is 88.0 Å². The summed E-state index contributed by atoms with van der Waals surface area (Å²) in [5.41, 5.74) is 4.50. The van der Waals surface area contributed by atoms with Crippen molar-refractivity contribution in [3.8, 4) is 11.4 Å². The number of aliphatic carboxylic acids is 1. The molecular formula is C27H26FN3O3. The van der Waals surface area contributed by atoms with Gasteiger partial charge in [0.2, 0.25) is 0 Å². The van der Waals surface area contributed by atoms with Gasteiger partial charge in [0.1, 0.15) is 11.5 Å². The van der Waals surface area contributed by atoms with Crippen LogP contribution in [0.15, 0.2) is 54.2 Å². The smallest absolute Gasteiger partial charge is 0.331 e. The second-order valence-corrected chi connectivity index (χ2v) is 8.82. The number of rotatable bonds is 5. The number of hydrogen-bond donors (Lipinski definition) is 2. The lowest BCUT2D eigenvalue weighted by atomic mass is 9.85. The van der Waals surface area contributed by atoms with Gasteiger partial charge in [-0.3, -0.25) is 4.79 Å². The summed E-state index contributed by atoms with van der Waals surface area (Å²) in [5.74, 6) is -0.791. The van der Waals surface area contributed by atoms with Gasteiger partial charge in [-0.1, -0.05) is 38.1 Å². The van der Waals surface area contributed by atoms with Crippen molar-refractivity contribution in [2.45, 2.75) is 39.7 Å². The molecule has 4 rings (SSSR count). The fourth-order valence-electron chi connectivity index (χ4n) is 4.19. The maximum atomic E-state index is 13.5. The number of nitrogens with zero attached hydrogens (tertiary/aromatic N) is 2. The van der Waals surface area contributed by atoms with Crippen molar-refractivity contribution in [2.75, 3.05) is 0 Å². The second kappa shape index (κ2) is 9.55. The molecule has 2 N–H and O–H groups in total. The number of aromatic nitrogens is 2. The summed E-state index contributed by atoms with van der Waals surface area (Å²) in [6.45, 7) is 6.08. The Bertz CT molecular complexity index is 1300. The van der Waals surface area contributed by atoms with Crippen LogP contribution in [0.1, 0.15) is 58.9 Å². The third-order valence-electron chi connectivity index (χ3n) is 6.40. The number of hydrogen-bond acceptors (Lipinski definition) is 4. The highest BCUT2D eigenvalue weighted by Crippen LogP contribution is 2.37. The van der Waals surface area contributed by atoms with Crippen molar-refractivity contribution in [2.24, 2.45) is 5.92 Å². The molecular weight excluding hydrogens is 433 g/mol. The fourth-order valence-corrected chi connectivity index (χ4v) is 4.19. The highest BCUT2D eigenvalue weighted by molar-refractivity contribution is 5.93. The largest absolute Gasteiger partial charge is 0.478 e. The highest BCUT2D eigenvalue weighted by Gasteiger charge is 2.25. The van der Waals surface area contributed by atoms with Crippen LogP contribution in [-0.4, -0.2) is 27.0 Å². The van der Waals surface area contributed by atoms with E-state index in [1.807, 2.05) is 18.2 Å². The Morgan fingerprint density at radius 3 is 2.68 bits per heavy atom. The molecule has 1 amide bonds. The number of fused-ring (bicyclic) bond motifs is 1. The van der Waals surface area contributed by atoms with E-state index in [9.17, 15) is 19.1 Å². The van der Waals surface area contributed by atoms with E-state index >= 15 is 0 Å². The normalized spacial score (nSPS) is 17.4. The molecule has 0 bridgehead atoms. The van der Waals surface area contributed by atoms with Gasteiger partial charge in [0.05, 0.1) is 0 Å². The molecule has 0 aliphatic heterocycles. The zero-order chi connectivity index (χ0) is 24.4. The van der Waals surface area contributed by atoms with Crippen LogP contribution in [0.3, 0.4) is 0 Å². The summed E-state index contributed by atoms with van der Waals surface area (Å²) in [7, 11) is 0. The van der Waals surface area contributed by atoms with Crippen LogP contribution in [0.5, 0.6) is 0 Å². The predicted octanol–water partition coefficient (Wildman–Crippen LogP) is 5.13. The molecule has 2 aromatic carbocycles. The lowest BCUT2D eigenvalue weighted by Crippen LogP contribution is -2.24. The Hall–Kier alpha value is -3.87. The van der Waals surface area contributed by atoms with E-state index in [4.69, 9.17) is 0 Å². The maximum Gasteiger partial charge on any atom is 0.331 e. The molecule has 2 unspecified atom stereocenters. The molecule has 1 aliphatic rings. The Morgan fingerprint density at radius 1 is 1.15 bits per heavy atom. The van der Waals surface area contributed by atoms with Crippen LogP contribution in [0.2, 0.25) is 0 Å². The number of carboxylic acid groups (broad SMARTS) is 1. The summed E-state index contributed by atoms with van der Waals surface area (Å²) in [4.78, 5) is 33.1. The summed E-state index contributed by atoms with van der Waals surface area (Å²) >= 11 is 0.